The minimum atomic E-state index is 0.909. The highest BCUT2D eigenvalue weighted by Crippen LogP contribution is 2.31. The van der Waals surface area contributed by atoms with Gasteiger partial charge in [0.05, 0.1) is 0 Å². The van der Waals surface area contributed by atoms with Crippen LogP contribution < -0.4 is 5.32 Å². The monoisotopic (exact) mass is 384 g/mol. The quantitative estimate of drug-likeness (QED) is 0.518. The second-order valence-electron chi connectivity index (χ2n) is 7.56. The van der Waals surface area contributed by atoms with E-state index in [9.17, 15) is 0 Å². The molecule has 0 fully saturated rings. The zero-order chi connectivity index (χ0) is 20.5. The van der Waals surface area contributed by atoms with Gasteiger partial charge in [0.25, 0.3) is 0 Å². The minimum absolute atomic E-state index is 0.909. The van der Waals surface area contributed by atoms with Gasteiger partial charge in [0.2, 0.25) is 0 Å². The van der Waals surface area contributed by atoms with E-state index in [1.165, 1.54) is 39.2 Å². The maximum absolute atomic E-state index is 3.74. The van der Waals surface area contributed by atoms with Crippen LogP contribution >= 0.6 is 0 Å². The van der Waals surface area contributed by atoms with Crippen LogP contribution in [0, 0.1) is 13.8 Å². The second-order valence-corrected chi connectivity index (χ2v) is 7.56. The van der Waals surface area contributed by atoms with Gasteiger partial charge in [-0.1, -0.05) is 73.4 Å². The molecular weight excluding hydrogens is 352 g/mol. The zero-order valence-corrected chi connectivity index (χ0v) is 17.7. The Morgan fingerprint density at radius 2 is 1.90 bits per heavy atom. The summed E-state index contributed by atoms with van der Waals surface area (Å²) in [6.45, 7) is 10.1. The van der Waals surface area contributed by atoms with E-state index in [2.05, 4.69) is 85.4 Å². The molecule has 150 valence electrons. The van der Waals surface area contributed by atoms with Crippen LogP contribution in [0.2, 0.25) is 0 Å². The van der Waals surface area contributed by atoms with Crippen molar-refractivity contribution in [2.24, 2.45) is 0 Å². The number of aromatic nitrogens is 1. The van der Waals surface area contributed by atoms with Crippen LogP contribution in [0.15, 0.2) is 90.6 Å². The van der Waals surface area contributed by atoms with Crippen molar-refractivity contribution in [1.29, 1.82) is 0 Å². The van der Waals surface area contributed by atoms with Gasteiger partial charge in [-0.2, -0.15) is 0 Å². The van der Waals surface area contributed by atoms with Gasteiger partial charge in [-0.3, -0.25) is 0 Å². The number of H-pyrrole nitrogens is 1. The van der Waals surface area contributed by atoms with Crippen LogP contribution in [0.4, 0.5) is 0 Å². The molecule has 2 N–H and O–H groups in total. The largest absolute Gasteiger partial charge is 0.362 e. The molecule has 0 amide bonds. The van der Waals surface area contributed by atoms with E-state index in [1.807, 2.05) is 12.2 Å². The van der Waals surface area contributed by atoms with Gasteiger partial charge in [-0.05, 0) is 67.1 Å². The first-order valence-corrected chi connectivity index (χ1v) is 10.5. The van der Waals surface area contributed by atoms with Gasteiger partial charge in [-0.25, -0.2) is 0 Å². The molecule has 0 atom stereocenters. The lowest BCUT2D eigenvalue weighted by Gasteiger charge is -2.21. The Labute approximate surface area is 175 Å². The Morgan fingerprint density at radius 3 is 2.55 bits per heavy atom. The Morgan fingerprint density at radius 1 is 1.07 bits per heavy atom. The summed E-state index contributed by atoms with van der Waals surface area (Å²) in [5.74, 6) is 0. The van der Waals surface area contributed by atoms with Crippen molar-refractivity contribution in [2.45, 2.75) is 33.1 Å². The highest BCUT2D eigenvalue weighted by Gasteiger charge is 2.16. The standard InChI is InChI=1S/C27H32N2/c1-4-5-6-7-11-16-25(24-15-12-17-28-20-24)26(23-13-9-8-10-14-23)19-27-21(2)18-22(3)29-27/h4-11,13-15,18,28-29H,1,12,16-17,19-20H2,2-3H3/b6-5-,11-7-,26-25+. The number of aryl methyl sites for hydroxylation is 2. The molecule has 29 heavy (non-hydrogen) atoms. The number of aromatic amines is 1. The van der Waals surface area contributed by atoms with E-state index in [4.69, 9.17) is 0 Å². The van der Waals surface area contributed by atoms with Crippen molar-refractivity contribution in [1.82, 2.24) is 10.3 Å². The number of rotatable bonds is 8. The van der Waals surface area contributed by atoms with Crippen LogP contribution in [0.1, 0.15) is 35.4 Å². The van der Waals surface area contributed by atoms with Gasteiger partial charge in [0, 0.05) is 24.4 Å². The molecule has 2 heteroatoms. The normalized spacial score (nSPS) is 15.6. The summed E-state index contributed by atoms with van der Waals surface area (Å²) in [7, 11) is 0. The SMILES string of the molecule is C=C/C=C\C=C/C/C(C1=CCCNC1)=C(/Cc1[nH]c(C)cc1C)c1ccccc1. The van der Waals surface area contributed by atoms with Crippen LogP contribution in [0.25, 0.3) is 5.57 Å². The minimum Gasteiger partial charge on any atom is -0.362 e. The van der Waals surface area contributed by atoms with Crippen molar-refractivity contribution in [3.63, 3.8) is 0 Å². The molecule has 0 saturated carbocycles. The van der Waals surface area contributed by atoms with E-state index < -0.39 is 0 Å². The molecule has 0 unspecified atom stereocenters. The molecule has 0 aliphatic carbocycles. The number of allylic oxidation sites excluding steroid dienone is 6. The number of hydrogen-bond acceptors (Lipinski definition) is 1. The molecule has 1 aromatic carbocycles. The maximum atomic E-state index is 3.74. The number of benzene rings is 1. The molecule has 1 aromatic heterocycles. The molecule has 1 aliphatic rings. The van der Waals surface area contributed by atoms with Crippen LogP contribution in [-0.4, -0.2) is 18.1 Å². The molecule has 0 bridgehead atoms. The van der Waals surface area contributed by atoms with Crippen molar-refractivity contribution >= 4 is 5.57 Å². The van der Waals surface area contributed by atoms with Crippen LogP contribution in [-0.2, 0) is 6.42 Å². The van der Waals surface area contributed by atoms with E-state index >= 15 is 0 Å². The Balaban J connectivity index is 2.07. The smallest absolute Gasteiger partial charge is 0.0223 e. The first kappa shape index (κ1) is 20.9. The zero-order valence-electron chi connectivity index (χ0n) is 17.7. The molecular formula is C27H32N2. The average Bonchev–Trinajstić information content (AvgIpc) is 3.07. The molecule has 3 rings (SSSR count). The molecule has 2 heterocycles. The Hall–Kier alpha value is -2.84. The van der Waals surface area contributed by atoms with Crippen molar-refractivity contribution < 1.29 is 0 Å². The van der Waals surface area contributed by atoms with Crippen LogP contribution in [0.3, 0.4) is 0 Å². The van der Waals surface area contributed by atoms with E-state index in [1.54, 1.807) is 6.08 Å². The van der Waals surface area contributed by atoms with Crippen molar-refractivity contribution in [2.75, 3.05) is 13.1 Å². The number of hydrogen-bond donors (Lipinski definition) is 2. The molecule has 2 aromatic rings. The van der Waals surface area contributed by atoms with Crippen LogP contribution in [0.5, 0.6) is 0 Å². The summed E-state index contributed by atoms with van der Waals surface area (Å²) in [6, 6.07) is 13.1. The summed E-state index contributed by atoms with van der Waals surface area (Å²) < 4.78 is 0. The predicted octanol–water partition coefficient (Wildman–Crippen LogP) is 6.24. The van der Waals surface area contributed by atoms with Crippen molar-refractivity contribution in [3.8, 4) is 0 Å². The molecule has 1 aliphatic heterocycles. The first-order chi connectivity index (χ1) is 14.2. The lowest BCUT2D eigenvalue weighted by Crippen LogP contribution is -2.23. The third kappa shape index (κ3) is 5.82. The lowest BCUT2D eigenvalue weighted by molar-refractivity contribution is 0.704. The van der Waals surface area contributed by atoms with Gasteiger partial charge >= 0.3 is 0 Å². The summed E-state index contributed by atoms with van der Waals surface area (Å²) >= 11 is 0. The lowest BCUT2D eigenvalue weighted by atomic mass is 9.87. The van der Waals surface area contributed by atoms with Gasteiger partial charge in [0.1, 0.15) is 0 Å². The highest BCUT2D eigenvalue weighted by atomic mass is 14.9. The summed E-state index contributed by atoms with van der Waals surface area (Å²) in [6.07, 6.45) is 15.5. The van der Waals surface area contributed by atoms with E-state index in [0.717, 1.165) is 32.4 Å². The van der Waals surface area contributed by atoms with E-state index in [0.29, 0.717) is 0 Å². The van der Waals surface area contributed by atoms with Gasteiger partial charge in [0.15, 0.2) is 0 Å². The van der Waals surface area contributed by atoms with Gasteiger partial charge < -0.3 is 10.3 Å². The maximum Gasteiger partial charge on any atom is 0.0223 e. The topological polar surface area (TPSA) is 27.8 Å². The van der Waals surface area contributed by atoms with E-state index in [-0.39, 0.29) is 0 Å². The Bertz CT molecular complexity index is 936. The average molecular weight is 385 g/mol. The predicted molar refractivity (Wildman–Crippen MR) is 126 cm³/mol. The summed E-state index contributed by atoms with van der Waals surface area (Å²) in [4.78, 5) is 3.58. The molecule has 2 nitrogen and oxygen atoms in total. The fraction of sp³-hybridized carbons (Fsp3) is 0.259. The fourth-order valence-corrected chi connectivity index (χ4v) is 3.90. The summed E-state index contributed by atoms with van der Waals surface area (Å²) in [5.41, 5.74) is 9.42. The summed E-state index contributed by atoms with van der Waals surface area (Å²) in [5, 5.41) is 3.55. The fourth-order valence-electron chi connectivity index (χ4n) is 3.90. The van der Waals surface area contributed by atoms with Crippen molar-refractivity contribution in [3.05, 3.63) is 113 Å². The number of nitrogens with one attached hydrogen (secondary N) is 2. The third-order valence-electron chi connectivity index (χ3n) is 5.33. The van der Waals surface area contributed by atoms with Gasteiger partial charge in [-0.15, -0.1) is 0 Å². The Kier molecular flexibility index (Phi) is 7.66. The molecule has 0 radical (unpaired) electrons. The third-order valence-corrected chi connectivity index (χ3v) is 5.33. The first-order valence-electron chi connectivity index (χ1n) is 10.5. The molecule has 0 spiro atoms. The molecule has 0 saturated heterocycles. The second kappa shape index (κ2) is 10.6. The highest BCUT2D eigenvalue weighted by molar-refractivity contribution is 5.75.